The molecule has 7 nitrogen and oxygen atoms in total. The van der Waals surface area contributed by atoms with Crippen LogP contribution in [-0.4, -0.2) is 43.5 Å². The smallest absolute Gasteiger partial charge is 0.312 e. The van der Waals surface area contributed by atoms with Gasteiger partial charge in [0.15, 0.2) is 0 Å². The van der Waals surface area contributed by atoms with Crippen LogP contribution in [0.5, 0.6) is 5.75 Å². The van der Waals surface area contributed by atoms with Gasteiger partial charge in [-0.2, -0.15) is 5.26 Å². The summed E-state index contributed by atoms with van der Waals surface area (Å²) in [5, 5.41) is 23.9. The lowest BCUT2D eigenvalue weighted by Crippen LogP contribution is -2.38. The van der Waals surface area contributed by atoms with E-state index in [0.717, 1.165) is 0 Å². The molecule has 0 aliphatic carbocycles. The minimum Gasteiger partial charge on any atom is -0.489 e. The number of aliphatic hydroxyl groups is 1. The quantitative estimate of drug-likeness (QED) is 0.480. The number of aliphatic hydroxyl groups excluding tert-OH is 1. The Bertz CT molecular complexity index is 473. The summed E-state index contributed by atoms with van der Waals surface area (Å²) >= 11 is 0. The van der Waals surface area contributed by atoms with E-state index < -0.39 is 12.1 Å². The van der Waals surface area contributed by atoms with Crippen molar-refractivity contribution in [3.8, 4) is 11.8 Å². The number of hydrogen-bond acceptors (Lipinski definition) is 5. The number of urea groups is 1. The van der Waals surface area contributed by atoms with Gasteiger partial charge in [-0.05, 0) is 12.1 Å². The number of primary amides is 1. The highest BCUT2D eigenvalue weighted by atomic mass is 16.5. The first-order chi connectivity index (χ1) is 9.63. The number of rotatable bonds is 8. The van der Waals surface area contributed by atoms with Gasteiger partial charge in [0.1, 0.15) is 24.5 Å². The molecule has 0 saturated heterocycles. The van der Waals surface area contributed by atoms with E-state index >= 15 is 0 Å². The van der Waals surface area contributed by atoms with Crippen molar-refractivity contribution >= 4 is 6.03 Å². The van der Waals surface area contributed by atoms with Crippen LogP contribution in [0.15, 0.2) is 24.3 Å². The Labute approximate surface area is 117 Å². The van der Waals surface area contributed by atoms with Crippen LogP contribution in [-0.2, 0) is 0 Å². The maximum absolute atomic E-state index is 10.4. The van der Waals surface area contributed by atoms with Crippen LogP contribution in [0.25, 0.3) is 0 Å². The Kier molecular flexibility index (Phi) is 6.89. The molecular weight excluding hydrogens is 260 g/mol. The second-order valence-electron chi connectivity index (χ2n) is 4.07. The maximum Gasteiger partial charge on any atom is 0.312 e. The number of nitrogens with zero attached hydrogens (tertiary/aromatic N) is 1. The molecule has 0 fully saturated rings. The monoisotopic (exact) mass is 278 g/mol. The molecule has 1 atom stereocenters. The molecule has 0 aliphatic heterocycles. The number of carbonyl (C=O) groups is 1. The Hall–Kier alpha value is -2.30. The molecule has 7 heteroatoms. The van der Waals surface area contributed by atoms with Crippen LogP contribution in [0.4, 0.5) is 4.79 Å². The minimum atomic E-state index is -0.713. The molecule has 0 saturated carbocycles. The molecule has 0 aromatic heterocycles. The summed E-state index contributed by atoms with van der Waals surface area (Å²) in [5.74, 6) is 0.449. The van der Waals surface area contributed by atoms with Crippen molar-refractivity contribution in [2.45, 2.75) is 6.10 Å². The molecule has 0 heterocycles. The van der Waals surface area contributed by atoms with Crippen molar-refractivity contribution < 1.29 is 14.6 Å². The van der Waals surface area contributed by atoms with E-state index in [-0.39, 0.29) is 6.61 Å². The van der Waals surface area contributed by atoms with Gasteiger partial charge < -0.3 is 26.2 Å². The summed E-state index contributed by atoms with van der Waals surface area (Å²) in [6.45, 7) is 1.28. The van der Waals surface area contributed by atoms with Crippen molar-refractivity contribution in [2.75, 3.05) is 26.2 Å². The normalized spacial score (nSPS) is 11.4. The predicted octanol–water partition coefficient (Wildman–Crippen LogP) is -0.444. The maximum atomic E-state index is 10.4. The number of amides is 2. The SMILES string of the molecule is N#Cc1ccccc1OC[C@@H](O)CNCCNC(N)=O. The largest absolute Gasteiger partial charge is 0.489 e. The van der Waals surface area contributed by atoms with Crippen LogP contribution in [0.3, 0.4) is 0 Å². The first-order valence-corrected chi connectivity index (χ1v) is 6.17. The average Bonchev–Trinajstić information content (AvgIpc) is 2.44. The van der Waals surface area contributed by atoms with Crippen LogP contribution >= 0.6 is 0 Å². The van der Waals surface area contributed by atoms with Crippen molar-refractivity contribution in [3.63, 3.8) is 0 Å². The summed E-state index contributed by atoms with van der Waals surface area (Å²) in [5.41, 5.74) is 5.33. The Balaban J connectivity index is 2.21. The van der Waals surface area contributed by atoms with E-state index in [1.54, 1.807) is 24.3 Å². The van der Waals surface area contributed by atoms with Gasteiger partial charge in [0.05, 0.1) is 5.56 Å². The molecule has 1 aromatic rings. The highest BCUT2D eigenvalue weighted by Crippen LogP contribution is 2.16. The summed E-state index contributed by atoms with van der Waals surface area (Å²) in [6, 6.07) is 8.27. The van der Waals surface area contributed by atoms with E-state index in [2.05, 4.69) is 10.6 Å². The van der Waals surface area contributed by atoms with Gasteiger partial charge in [0.25, 0.3) is 0 Å². The molecule has 5 N–H and O–H groups in total. The standard InChI is InChI=1S/C13H18N4O3/c14-7-10-3-1-2-4-12(10)20-9-11(18)8-16-5-6-17-13(15)19/h1-4,11,16,18H,5-6,8-9H2,(H3,15,17,19)/t11-/m0/s1. The number of nitriles is 1. The molecule has 0 bridgehead atoms. The number of nitrogens with one attached hydrogen (secondary N) is 2. The van der Waals surface area contributed by atoms with Gasteiger partial charge in [-0.15, -0.1) is 0 Å². The van der Waals surface area contributed by atoms with Crippen LogP contribution < -0.4 is 21.1 Å². The Morgan fingerprint density at radius 1 is 1.45 bits per heavy atom. The highest BCUT2D eigenvalue weighted by molar-refractivity contribution is 5.71. The van der Waals surface area contributed by atoms with Gasteiger partial charge in [-0.25, -0.2) is 4.79 Å². The fourth-order valence-electron chi connectivity index (χ4n) is 1.47. The molecule has 20 heavy (non-hydrogen) atoms. The van der Waals surface area contributed by atoms with Crippen molar-refractivity contribution in [1.29, 1.82) is 5.26 Å². The Morgan fingerprint density at radius 3 is 2.90 bits per heavy atom. The molecule has 0 spiro atoms. The molecule has 0 aliphatic rings. The zero-order valence-electron chi connectivity index (χ0n) is 11.0. The third-order valence-corrected chi connectivity index (χ3v) is 2.42. The number of para-hydroxylation sites is 1. The van der Waals surface area contributed by atoms with Crippen LogP contribution in [0.1, 0.15) is 5.56 Å². The number of carbonyl (C=O) groups excluding carboxylic acids is 1. The zero-order chi connectivity index (χ0) is 14.8. The minimum absolute atomic E-state index is 0.0783. The zero-order valence-corrected chi connectivity index (χ0v) is 11.0. The fourth-order valence-corrected chi connectivity index (χ4v) is 1.47. The van der Waals surface area contributed by atoms with Gasteiger partial charge in [-0.1, -0.05) is 12.1 Å². The highest BCUT2D eigenvalue weighted by Gasteiger charge is 2.07. The van der Waals surface area contributed by atoms with E-state index in [1.165, 1.54) is 0 Å². The van der Waals surface area contributed by atoms with Gasteiger partial charge in [-0.3, -0.25) is 0 Å². The molecule has 2 amide bonds. The second-order valence-corrected chi connectivity index (χ2v) is 4.07. The number of nitrogens with two attached hydrogens (primary N) is 1. The van der Waals surface area contributed by atoms with E-state index in [4.69, 9.17) is 15.7 Å². The molecule has 108 valence electrons. The molecule has 0 unspecified atom stereocenters. The average molecular weight is 278 g/mol. The van der Waals surface area contributed by atoms with Crippen molar-refractivity contribution in [3.05, 3.63) is 29.8 Å². The van der Waals surface area contributed by atoms with Crippen LogP contribution in [0, 0.1) is 11.3 Å². The molecule has 1 aromatic carbocycles. The van der Waals surface area contributed by atoms with Gasteiger partial charge in [0, 0.05) is 19.6 Å². The summed E-state index contributed by atoms with van der Waals surface area (Å²) in [4.78, 5) is 10.4. The molecule has 0 radical (unpaired) electrons. The molecular formula is C13H18N4O3. The first kappa shape index (κ1) is 15.8. The predicted molar refractivity (Wildman–Crippen MR) is 73.1 cm³/mol. The topological polar surface area (TPSA) is 120 Å². The van der Waals surface area contributed by atoms with Gasteiger partial charge in [0.2, 0.25) is 0 Å². The Morgan fingerprint density at radius 2 is 2.20 bits per heavy atom. The third-order valence-electron chi connectivity index (χ3n) is 2.42. The lowest BCUT2D eigenvalue weighted by Gasteiger charge is -2.14. The summed E-state index contributed by atoms with van der Waals surface area (Å²) in [6.07, 6.45) is -0.713. The number of benzene rings is 1. The second kappa shape index (κ2) is 8.74. The van der Waals surface area contributed by atoms with E-state index in [9.17, 15) is 9.90 Å². The fraction of sp³-hybridized carbons (Fsp3) is 0.385. The van der Waals surface area contributed by atoms with Crippen LogP contribution in [0.2, 0.25) is 0 Å². The summed E-state index contributed by atoms with van der Waals surface area (Å²) in [7, 11) is 0. The first-order valence-electron chi connectivity index (χ1n) is 6.17. The van der Waals surface area contributed by atoms with Crippen molar-refractivity contribution in [2.24, 2.45) is 5.73 Å². The lowest BCUT2D eigenvalue weighted by molar-refractivity contribution is 0.106. The van der Waals surface area contributed by atoms with Crippen molar-refractivity contribution in [1.82, 2.24) is 10.6 Å². The van der Waals surface area contributed by atoms with E-state index in [0.29, 0.717) is 30.9 Å². The number of ether oxygens (including phenoxy) is 1. The molecule has 1 rings (SSSR count). The van der Waals surface area contributed by atoms with Gasteiger partial charge >= 0.3 is 6.03 Å². The summed E-state index contributed by atoms with van der Waals surface area (Å²) < 4.78 is 5.38. The number of hydrogen-bond donors (Lipinski definition) is 4. The third kappa shape index (κ3) is 6.04. The lowest BCUT2D eigenvalue weighted by atomic mass is 10.2. The van der Waals surface area contributed by atoms with E-state index in [1.807, 2.05) is 6.07 Å².